The number of hydrogen-bond donors (Lipinski definition) is 0. The number of carbonyl (C=O) groups is 2. The van der Waals surface area contributed by atoms with E-state index in [1.807, 2.05) is 59.0 Å². The molecule has 1 aliphatic carbocycles. The number of halogens is 1. The standard InChI is InChI=1S/C22H15IN2O4/c23-18-13-17(26)11-12-22(18)19(16-9-5-2-6-10-16)20(25(28)29)21(27)24(22)14-15-7-3-1-4-8-15/h1-13H,14H2/t22-/m0/s1. The van der Waals surface area contributed by atoms with Crippen molar-refractivity contribution < 1.29 is 14.5 Å². The second-order valence-electron chi connectivity index (χ2n) is 6.72. The average Bonchev–Trinajstić information content (AvgIpc) is 2.96. The van der Waals surface area contributed by atoms with Gasteiger partial charge in [-0.1, -0.05) is 60.7 Å². The van der Waals surface area contributed by atoms with Gasteiger partial charge in [0.05, 0.1) is 10.5 Å². The van der Waals surface area contributed by atoms with Gasteiger partial charge in [0.15, 0.2) is 5.78 Å². The van der Waals surface area contributed by atoms with Crippen LogP contribution in [0.3, 0.4) is 0 Å². The van der Waals surface area contributed by atoms with E-state index < -0.39 is 22.1 Å². The van der Waals surface area contributed by atoms with E-state index in [1.54, 1.807) is 30.3 Å². The number of nitrogens with zero attached hydrogens (tertiary/aromatic N) is 2. The summed E-state index contributed by atoms with van der Waals surface area (Å²) in [5, 5.41) is 12.0. The predicted molar refractivity (Wildman–Crippen MR) is 116 cm³/mol. The Morgan fingerprint density at radius 3 is 2.21 bits per heavy atom. The molecule has 144 valence electrons. The van der Waals surface area contributed by atoms with Crippen molar-refractivity contribution in [2.75, 3.05) is 0 Å². The van der Waals surface area contributed by atoms with Crippen molar-refractivity contribution in [2.45, 2.75) is 12.1 Å². The van der Waals surface area contributed by atoms with Gasteiger partial charge in [0.2, 0.25) is 0 Å². The van der Waals surface area contributed by atoms with E-state index in [9.17, 15) is 19.7 Å². The molecule has 0 bridgehead atoms. The van der Waals surface area contributed by atoms with Crippen LogP contribution < -0.4 is 0 Å². The van der Waals surface area contributed by atoms with E-state index in [0.29, 0.717) is 9.14 Å². The minimum absolute atomic E-state index is 0.173. The number of amides is 1. The third kappa shape index (κ3) is 3.11. The highest BCUT2D eigenvalue weighted by molar-refractivity contribution is 14.1. The first-order chi connectivity index (χ1) is 13.9. The molecule has 1 atom stereocenters. The van der Waals surface area contributed by atoms with Crippen molar-refractivity contribution in [1.82, 2.24) is 4.90 Å². The molecule has 0 saturated heterocycles. The van der Waals surface area contributed by atoms with Gasteiger partial charge in [-0.2, -0.15) is 0 Å². The fourth-order valence-corrected chi connectivity index (χ4v) is 4.84. The van der Waals surface area contributed by atoms with Gasteiger partial charge in [0, 0.05) is 10.1 Å². The van der Waals surface area contributed by atoms with Gasteiger partial charge in [0.1, 0.15) is 5.54 Å². The second kappa shape index (κ2) is 7.40. The monoisotopic (exact) mass is 498 g/mol. The highest BCUT2D eigenvalue weighted by Crippen LogP contribution is 2.51. The van der Waals surface area contributed by atoms with Crippen molar-refractivity contribution in [3.8, 4) is 0 Å². The van der Waals surface area contributed by atoms with Crippen LogP contribution in [0.25, 0.3) is 5.57 Å². The Hall–Kier alpha value is -3.07. The number of benzene rings is 2. The van der Waals surface area contributed by atoms with Crippen LogP contribution in [-0.2, 0) is 16.1 Å². The minimum Gasteiger partial charge on any atom is -0.311 e. The maximum atomic E-state index is 13.3. The summed E-state index contributed by atoms with van der Waals surface area (Å²) in [4.78, 5) is 38.1. The number of ketones is 1. The summed E-state index contributed by atoms with van der Waals surface area (Å²) in [5.74, 6) is -0.881. The van der Waals surface area contributed by atoms with E-state index in [4.69, 9.17) is 0 Å². The lowest BCUT2D eigenvalue weighted by Crippen LogP contribution is -2.47. The van der Waals surface area contributed by atoms with Gasteiger partial charge < -0.3 is 4.90 Å². The van der Waals surface area contributed by atoms with E-state index in [0.717, 1.165) is 5.56 Å². The van der Waals surface area contributed by atoms with Crippen LogP contribution >= 0.6 is 22.6 Å². The zero-order valence-electron chi connectivity index (χ0n) is 15.1. The van der Waals surface area contributed by atoms with Crippen molar-refractivity contribution in [2.24, 2.45) is 0 Å². The molecule has 0 unspecified atom stereocenters. The molecule has 29 heavy (non-hydrogen) atoms. The normalized spacial score (nSPS) is 21.1. The first kappa shape index (κ1) is 19.3. The van der Waals surface area contributed by atoms with Crippen LogP contribution in [0.1, 0.15) is 11.1 Å². The molecule has 2 aromatic carbocycles. The fourth-order valence-electron chi connectivity index (χ4n) is 3.79. The highest BCUT2D eigenvalue weighted by atomic mass is 127. The van der Waals surface area contributed by atoms with Crippen LogP contribution in [0, 0.1) is 10.1 Å². The Kier molecular flexibility index (Phi) is 4.91. The van der Waals surface area contributed by atoms with Crippen LogP contribution in [0.2, 0.25) is 0 Å². The second-order valence-corrected chi connectivity index (χ2v) is 7.88. The summed E-state index contributed by atoms with van der Waals surface area (Å²) in [6.07, 6.45) is 4.41. The Balaban J connectivity index is 1.98. The minimum atomic E-state index is -1.20. The number of nitro groups is 1. The maximum absolute atomic E-state index is 13.3. The van der Waals surface area contributed by atoms with Gasteiger partial charge in [-0.3, -0.25) is 19.7 Å². The quantitative estimate of drug-likeness (QED) is 0.364. The van der Waals surface area contributed by atoms with E-state index in [1.165, 1.54) is 17.1 Å². The lowest BCUT2D eigenvalue weighted by atomic mass is 9.81. The third-order valence-electron chi connectivity index (χ3n) is 5.04. The van der Waals surface area contributed by atoms with Crippen molar-refractivity contribution >= 4 is 39.9 Å². The number of rotatable bonds is 4. The molecule has 2 aromatic rings. The zero-order chi connectivity index (χ0) is 20.6. The molecule has 1 spiro atoms. The SMILES string of the molecule is O=C1C=C[C@]2(C(I)=C1)C(c1ccccc1)=C([N+](=O)[O-])C(=O)N2Cc1ccccc1. The molecule has 0 fully saturated rings. The zero-order valence-corrected chi connectivity index (χ0v) is 17.3. The number of allylic oxidation sites excluding steroid dienone is 2. The molecule has 1 heterocycles. The van der Waals surface area contributed by atoms with Crippen LogP contribution in [0.4, 0.5) is 0 Å². The van der Waals surface area contributed by atoms with Crippen LogP contribution in [0.5, 0.6) is 0 Å². The van der Waals surface area contributed by atoms with Gasteiger partial charge in [-0.25, -0.2) is 0 Å². The molecule has 2 aliphatic rings. The summed E-state index contributed by atoms with van der Waals surface area (Å²) in [6, 6.07) is 18.1. The lowest BCUT2D eigenvalue weighted by Gasteiger charge is -2.39. The molecular formula is C22H15IN2O4. The molecule has 1 aliphatic heterocycles. The molecule has 6 nitrogen and oxygen atoms in total. The summed E-state index contributed by atoms with van der Waals surface area (Å²) in [7, 11) is 0. The molecule has 0 aromatic heterocycles. The Morgan fingerprint density at radius 1 is 1.00 bits per heavy atom. The first-order valence-electron chi connectivity index (χ1n) is 8.86. The molecule has 7 heteroatoms. The van der Waals surface area contributed by atoms with Gasteiger partial charge in [-0.15, -0.1) is 0 Å². The summed E-state index contributed by atoms with van der Waals surface area (Å²) < 4.78 is 0.544. The van der Waals surface area contributed by atoms with Crippen LogP contribution in [0.15, 0.2) is 88.2 Å². The molecule has 4 rings (SSSR count). The summed E-state index contributed by atoms with van der Waals surface area (Å²) in [5.41, 5.74) is 0.0315. The Bertz CT molecular complexity index is 1110. The largest absolute Gasteiger partial charge is 0.340 e. The van der Waals surface area contributed by atoms with Crippen molar-refractivity contribution in [3.05, 3.63) is 109 Å². The predicted octanol–water partition coefficient (Wildman–Crippen LogP) is 3.91. The van der Waals surface area contributed by atoms with Gasteiger partial charge >= 0.3 is 11.6 Å². The first-order valence-corrected chi connectivity index (χ1v) is 9.94. The Morgan fingerprint density at radius 2 is 1.62 bits per heavy atom. The molecule has 0 N–H and O–H groups in total. The topological polar surface area (TPSA) is 80.5 Å². The molecule has 1 amide bonds. The van der Waals surface area contributed by atoms with Gasteiger partial charge in [-0.05, 0) is 51.9 Å². The smallest absolute Gasteiger partial charge is 0.311 e. The fraction of sp³-hybridized carbons (Fsp3) is 0.0909. The summed E-state index contributed by atoms with van der Waals surface area (Å²) in [6.45, 7) is 0.173. The van der Waals surface area contributed by atoms with Crippen molar-refractivity contribution in [1.29, 1.82) is 0 Å². The van der Waals surface area contributed by atoms with Gasteiger partial charge in [0.25, 0.3) is 0 Å². The Labute approximate surface area is 180 Å². The van der Waals surface area contributed by atoms with Crippen molar-refractivity contribution in [3.63, 3.8) is 0 Å². The van der Waals surface area contributed by atoms with E-state index in [2.05, 4.69) is 0 Å². The molecular weight excluding hydrogens is 483 g/mol. The van der Waals surface area contributed by atoms with E-state index in [-0.39, 0.29) is 17.9 Å². The number of hydrogen-bond acceptors (Lipinski definition) is 4. The summed E-state index contributed by atoms with van der Waals surface area (Å²) >= 11 is 2.01. The highest BCUT2D eigenvalue weighted by Gasteiger charge is 2.58. The van der Waals surface area contributed by atoms with E-state index >= 15 is 0 Å². The molecule has 0 saturated carbocycles. The maximum Gasteiger partial charge on any atom is 0.340 e. The number of carbonyl (C=O) groups excluding carboxylic acids is 2. The lowest BCUT2D eigenvalue weighted by molar-refractivity contribution is -0.417. The molecule has 0 radical (unpaired) electrons. The third-order valence-corrected chi connectivity index (χ3v) is 6.18. The van der Waals surface area contributed by atoms with Crippen LogP contribution in [-0.4, -0.2) is 27.1 Å². The average molecular weight is 498 g/mol.